The molecule has 0 spiro atoms. The molecule has 0 radical (unpaired) electrons. The highest BCUT2D eigenvalue weighted by atomic mass is 79.9. The van der Waals surface area contributed by atoms with Crippen molar-refractivity contribution in [1.29, 1.82) is 0 Å². The summed E-state index contributed by atoms with van der Waals surface area (Å²) in [6.07, 6.45) is 8.50. The Hall–Kier alpha value is -1.56. The smallest absolute Gasteiger partial charge is 0.200 e. The third-order valence-corrected chi connectivity index (χ3v) is 4.62. The van der Waals surface area contributed by atoms with Crippen molar-refractivity contribution in [3.8, 4) is 11.6 Å². The van der Waals surface area contributed by atoms with E-state index in [0.717, 1.165) is 21.5 Å². The van der Waals surface area contributed by atoms with Crippen LogP contribution >= 0.6 is 15.9 Å². The zero-order valence-corrected chi connectivity index (χ0v) is 13.8. The van der Waals surface area contributed by atoms with Crippen molar-refractivity contribution in [3.63, 3.8) is 0 Å². The van der Waals surface area contributed by atoms with Crippen molar-refractivity contribution in [2.24, 2.45) is 0 Å². The molecule has 0 saturated heterocycles. The highest BCUT2D eigenvalue weighted by molar-refractivity contribution is 9.10. The number of hydrogen-bond acceptors (Lipinski definition) is 5. The predicted octanol–water partition coefficient (Wildman–Crippen LogP) is 3.70. The van der Waals surface area contributed by atoms with Crippen LogP contribution in [0.15, 0.2) is 16.9 Å². The second-order valence-corrected chi connectivity index (χ2v) is 6.20. The Morgan fingerprint density at radius 1 is 1.10 bits per heavy atom. The van der Waals surface area contributed by atoms with Crippen LogP contribution in [0, 0.1) is 6.92 Å². The van der Waals surface area contributed by atoms with Crippen LogP contribution in [0.1, 0.15) is 42.9 Å². The third-order valence-electron chi connectivity index (χ3n) is 3.84. The molecule has 0 aliphatic heterocycles. The first-order valence-electron chi connectivity index (χ1n) is 7.23. The topological polar surface area (TPSA) is 63.6 Å². The molecule has 0 unspecified atom stereocenters. The zero-order valence-electron chi connectivity index (χ0n) is 12.2. The summed E-state index contributed by atoms with van der Waals surface area (Å²) in [5, 5.41) is 3.13. The minimum atomic E-state index is 0.499. The molecule has 0 bridgehead atoms. The van der Waals surface area contributed by atoms with Gasteiger partial charge < -0.3 is 5.32 Å². The van der Waals surface area contributed by atoms with Crippen LogP contribution in [0.25, 0.3) is 11.6 Å². The number of halogens is 1. The molecule has 1 aliphatic rings. The van der Waals surface area contributed by atoms with Gasteiger partial charge in [0.25, 0.3) is 0 Å². The van der Waals surface area contributed by atoms with Gasteiger partial charge in [0.05, 0.1) is 10.2 Å². The average Bonchev–Trinajstić information content (AvgIpc) is 3.02. The Labute approximate surface area is 132 Å². The summed E-state index contributed by atoms with van der Waals surface area (Å²) in [5.41, 5.74) is 2.10. The van der Waals surface area contributed by atoms with E-state index in [-0.39, 0.29) is 0 Å². The van der Waals surface area contributed by atoms with Gasteiger partial charge in [-0.2, -0.15) is 0 Å². The molecule has 21 heavy (non-hydrogen) atoms. The molecule has 0 amide bonds. The fraction of sp³-hybridized carbons (Fsp3) is 0.467. The number of rotatable bonds is 3. The molecule has 0 aromatic carbocycles. The Kier molecular flexibility index (Phi) is 4.14. The summed E-state index contributed by atoms with van der Waals surface area (Å²) >= 11 is 3.64. The van der Waals surface area contributed by atoms with Gasteiger partial charge in [-0.05, 0) is 41.3 Å². The lowest BCUT2D eigenvalue weighted by Gasteiger charge is -2.15. The zero-order chi connectivity index (χ0) is 14.8. The lowest BCUT2D eigenvalue weighted by Crippen LogP contribution is -2.07. The van der Waals surface area contributed by atoms with Crippen molar-refractivity contribution in [2.75, 3.05) is 12.4 Å². The van der Waals surface area contributed by atoms with Crippen molar-refractivity contribution >= 4 is 21.7 Å². The van der Waals surface area contributed by atoms with Gasteiger partial charge in [0.1, 0.15) is 5.82 Å². The van der Waals surface area contributed by atoms with E-state index in [9.17, 15) is 0 Å². The lowest BCUT2D eigenvalue weighted by atomic mass is 10.0. The average molecular weight is 348 g/mol. The van der Waals surface area contributed by atoms with Crippen LogP contribution in [0.5, 0.6) is 0 Å². The van der Waals surface area contributed by atoms with Gasteiger partial charge >= 0.3 is 0 Å². The standard InChI is InChI=1S/C15H18BrN5/c1-9-7-18-14(19-8-9)15-20-12(10-5-3-4-6-10)11(16)13(17-2)21-15/h7-8,10H,3-6H2,1-2H3,(H,17,20,21). The maximum absolute atomic E-state index is 4.74. The molecule has 2 aromatic rings. The van der Waals surface area contributed by atoms with Crippen molar-refractivity contribution < 1.29 is 0 Å². The largest absolute Gasteiger partial charge is 0.372 e. The summed E-state index contributed by atoms with van der Waals surface area (Å²) in [6.45, 7) is 1.97. The van der Waals surface area contributed by atoms with Crippen LogP contribution in [-0.2, 0) is 0 Å². The van der Waals surface area contributed by atoms with Gasteiger partial charge in [-0.3, -0.25) is 0 Å². The normalized spacial score (nSPS) is 15.4. The van der Waals surface area contributed by atoms with Gasteiger partial charge in [-0.1, -0.05) is 12.8 Å². The maximum Gasteiger partial charge on any atom is 0.200 e. The maximum atomic E-state index is 4.74. The molecule has 6 heteroatoms. The van der Waals surface area contributed by atoms with E-state index < -0.39 is 0 Å². The molecule has 3 rings (SSSR count). The van der Waals surface area contributed by atoms with E-state index in [4.69, 9.17) is 4.98 Å². The summed E-state index contributed by atoms with van der Waals surface area (Å²) in [4.78, 5) is 18.0. The Morgan fingerprint density at radius 3 is 2.38 bits per heavy atom. The molecule has 2 heterocycles. The van der Waals surface area contributed by atoms with Crippen LogP contribution in [-0.4, -0.2) is 27.0 Å². The first-order chi connectivity index (χ1) is 10.2. The van der Waals surface area contributed by atoms with Crippen LogP contribution in [0.3, 0.4) is 0 Å². The Bertz CT molecular complexity index is 635. The van der Waals surface area contributed by atoms with Crippen molar-refractivity contribution in [2.45, 2.75) is 38.5 Å². The quantitative estimate of drug-likeness (QED) is 0.916. The molecule has 5 nitrogen and oxygen atoms in total. The molecule has 1 fully saturated rings. The SMILES string of the molecule is CNc1nc(-c2ncc(C)cn2)nc(C2CCCC2)c1Br. The molecule has 110 valence electrons. The first-order valence-corrected chi connectivity index (χ1v) is 8.02. The summed E-state index contributed by atoms with van der Waals surface area (Å²) in [7, 11) is 1.87. The van der Waals surface area contributed by atoms with E-state index in [2.05, 4.69) is 36.2 Å². The lowest BCUT2D eigenvalue weighted by molar-refractivity contribution is 0.690. The molecule has 1 aliphatic carbocycles. The number of aryl methyl sites for hydroxylation is 1. The summed E-state index contributed by atoms with van der Waals surface area (Å²) in [6, 6.07) is 0. The van der Waals surface area contributed by atoms with Gasteiger partial charge in [0.15, 0.2) is 11.6 Å². The van der Waals surface area contributed by atoms with Crippen LogP contribution < -0.4 is 5.32 Å². The van der Waals surface area contributed by atoms with E-state index in [0.29, 0.717) is 17.6 Å². The van der Waals surface area contributed by atoms with Gasteiger partial charge in [0, 0.05) is 25.4 Å². The van der Waals surface area contributed by atoms with Crippen LogP contribution in [0.2, 0.25) is 0 Å². The number of aromatic nitrogens is 4. The second kappa shape index (κ2) is 6.05. The van der Waals surface area contributed by atoms with Gasteiger partial charge in [-0.15, -0.1) is 0 Å². The van der Waals surface area contributed by atoms with E-state index in [1.807, 2.05) is 14.0 Å². The molecule has 2 aromatic heterocycles. The molecule has 1 N–H and O–H groups in total. The fourth-order valence-electron chi connectivity index (χ4n) is 2.71. The Balaban J connectivity index is 2.08. The molecular formula is C15H18BrN5. The highest BCUT2D eigenvalue weighted by Gasteiger charge is 2.24. The van der Waals surface area contributed by atoms with Gasteiger partial charge in [0.2, 0.25) is 0 Å². The number of hydrogen-bond donors (Lipinski definition) is 1. The monoisotopic (exact) mass is 347 g/mol. The van der Waals surface area contributed by atoms with E-state index in [1.54, 1.807) is 12.4 Å². The second-order valence-electron chi connectivity index (χ2n) is 5.41. The van der Waals surface area contributed by atoms with E-state index in [1.165, 1.54) is 25.7 Å². The number of nitrogens with one attached hydrogen (secondary N) is 1. The predicted molar refractivity (Wildman–Crippen MR) is 86.3 cm³/mol. The first kappa shape index (κ1) is 14.4. The molecular weight excluding hydrogens is 330 g/mol. The number of nitrogens with zero attached hydrogens (tertiary/aromatic N) is 4. The van der Waals surface area contributed by atoms with Gasteiger partial charge in [-0.25, -0.2) is 19.9 Å². The fourth-order valence-corrected chi connectivity index (χ4v) is 3.41. The van der Waals surface area contributed by atoms with E-state index >= 15 is 0 Å². The molecule has 1 saturated carbocycles. The Morgan fingerprint density at radius 2 is 1.76 bits per heavy atom. The summed E-state index contributed by atoms with van der Waals surface area (Å²) < 4.78 is 0.966. The summed E-state index contributed by atoms with van der Waals surface area (Å²) in [5.74, 6) is 2.46. The number of anilines is 1. The highest BCUT2D eigenvalue weighted by Crippen LogP contribution is 2.39. The van der Waals surface area contributed by atoms with Crippen molar-refractivity contribution in [3.05, 3.63) is 28.1 Å². The molecule has 0 atom stereocenters. The van der Waals surface area contributed by atoms with Crippen molar-refractivity contribution in [1.82, 2.24) is 19.9 Å². The van der Waals surface area contributed by atoms with Crippen LogP contribution in [0.4, 0.5) is 5.82 Å². The third kappa shape index (κ3) is 2.90. The minimum Gasteiger partial charge on any atom is -0.372 e. The minimum absolute atomic E-state index is 0.499.